The molecular weight excluding hydrogens is 330 g/mol. The number of carboxylic acid groups (broad SMARTS) is 1. The lowest BCUT2D eigenvalue weighted by molar-refractivity contribution is -0.138. The van der Waals surface area contributed by atoms with E-state index in [1.165, 1.54) is 0 Å². The van der Waals surface area contributed by atoms with Gasteiger partial charge in [-0.15, -0.1) is 0 Å². The van der Waals surface area contributed by atoms with Gasteiger partial charge in [-0.3, -0.25) is 4.79 Å². The number of pyridine rings is 1. The molecule has 3 aromatic rings. The van der Waals surface area contributed by atoms with Crippen molar-refractivity contribution in [3.05, 3.63) is 53.3 Å². The minimum absolute atomic E-state index is 0.137. The molecule has 1 unspecified atom stereocenters. The van der Waals surface area contributed by atoms with Crippen LogP contribution in [0.2, 0.25) is 5.02 Å². The summed E-state index contributed by atoms with van der Waals surface area (Å²) in [4.78, 5) is 15.8. The van der Waals surface area contributed by atoms with E-state index in [4.69, 9.17) is 27.2 Å². The number of nitrogens with zero attached hydrogens (tertiary/aromatic N) is 2. The van der Waals surface area contributed by atoms with Crippen LogP contribution < -0.4 is 10.5 Å². The second-order valence-electron chi connectivity index (χ2n) is 5.36. The van der Waals surface area contributed by atoms with Crippen LogP contribution in [0.25, 0.3) is 16.9 Å². The van der Waals surface area contributed by atoms with Gasteiger partial charge in [0.15, 0.2) is 0 Å². The third-order valence-corrected chi connectivity index (χ3v) is 4.00. The van der Waals surface area contributed by atoms with Gasteiger partial charge in [0.25, 0.3) is 0 Å². The lowest BCUT2D eigenvalue weighted by Crippen LogP contribution is -2.32. The van der Waals surface area contributed by atoms with Crippen molar-refractivity contribution >= 4 is 23.2 Å². The molecule has 0 bridgehead atoms. The fourth-order valence-electron chi connectivity index (χ4n) is 2.54. The van der Waals surface area contributed by atoms with Gasteiger partial charge in [0, 0.05) is 18.2 Å². The van der Waals surface area contributed by atoms with E-state index in [1.807, 2.05) is 24.3 Å². The van der Waals surface area contributed by atoms with Crippen molar-refractivity contribution in [3.8, 4) is 17.0 Å². The summed E-state index contributed by atoms with van der Waals surface area (Å²) in [5.74, 6) is -0.331. The number of methoxy groups -OCH3 is 1. The zero-order chi connectivity index (χ0) is 17.3. The quantitative estimate of drug-likeness (QED) is 0.742. The van der Waals surface area contributed by atoms with Crippen LogP contribution in [-0.4, -0.2) is 33.6 Å². The Bertz CT molecular complexity index is 890. The molecule has 2 aromatic heterocycles. The van der Waals surface area contributed by atoms with Crippen LogP contribution in [0.4, 0.5) is 0 Å². The average molecular weight is 346 g/mol. The lowest BCUT2D eigenvalue weighted by Gasteiger charge is -2.09. The van der Waals surface area contributed by atoms with Gasteiger partial charge in [-0.05, 0) is 36.4 Å². The molecule has 24 heavy (non-hydrogen) atoms. The maximum absolute atomic E-state index is 11.2. The van der Waals surface area contributed by atoms with Crippen molar-refractivity contribution in [3.63, 3.8) is 0 Å². The fourth-order valence-corrected chi connectivity index (χ4v) is 2.70. The highest BCUT2D eigenvalue weighted by molar-refractivity contribution is 6.30. The Balaban J connectivity index is 2.15. The number of imidazole rings is 1. The number of aromatic nitrogens is 2. The molecular formula is C17H16ClN3O3. The Labute approximate surface area is 143 Å². The summed E-state index contributed by atoms with van der Waals surface area (Å²) < 4.78 is 6.95. The van der Waals surface area contributed by atoms with Gasteiger partial charge < -0.3 is 20.0 Å². The van der Waals surface area contributed by atoms with Crippen LogP contribution in [-0.2, 0) is 11.2 Å². The third-order valence-electron chi connectivity index (χ3n) is 3.78. The van der Waals surface area contributed by atoms with E-state index in [0.29, 0.717) is 22.1 Å². The first kappa shape index (κ1) is 16.3. The zero-order valence-electron chi connectivity index (χ0n) is 12.9. The fraction of sp³-hybridized carbons (Fsp3) is 0.176. The number of benzene rings is 1. The second kappa shape index (κ2) is 6.51. The number of carbonyl (C=O) groups is 1. The van der Waals surface area contributed by atoms with Gasteiger partial charge in [-0.1, -0.05) is 11.6 Å². The van der Waals surface area contributed by atoms with Crippen LogP contribution in [0.1, 0.15) is 5.69 Å². The summed E-state index contributed by atoms with van der Waals surface area (Å²) in [7, 11) is 1.60. The highest BCUT2D eigenvalue weighted by atomic mass is 35.5. The van der Waals surface area contributed by atoms with Gasteiger partial charge in [-0.2, -0.15) is 0 Å². The maximum atomic E-state index is 11.2. The normalized spacial score (nSPS) is 12.3. The Kier molecular flexibility index (Phi) is 4.42. The number of hydrogen-bond acceptors (Lipinski definition) is 4. The largest absolute Gasteiger partial charge is 0.497 e. The van der Waals surface area contributed by atoms with Crippen LogP contribution >= 0.6 is 11.6 Å². The molecule has 124 valence electrons. The molecule has 7 heteroatoms. The number of rotatable bonds is 5. The molecule has 0 saturated carbocycles. The molecule has 3 N–H and O–H groups in total. The number of fused-ring (bicyclic) bond motifs is 1. The molecule has 3 rings (SSSR count). The van der Waals surface area contributed by atoms with E-state index in [9.17, 15) is 4.79 Å². The van der Waals surface area contributed by atoms with Crippen LogP contribution in [0.15, 0.2) is 42.6 Å². The lowest BCUT2D eigenvalue weighted by atomic mass is 10.1. The number of ether oxygens (including phenoxy) is 1. The monoisotopic (exact) mass is 345 g/mol. The van der Waals surface area contributed by atoms with Gasteiger partial charge in [0.2, 0.25) is 0 Å². The van der Waals surface area contributed by atoms with Gasteiger partial charge in [0.1, 0.15) is 17.4 Å². The number of aliphatic carboxylic acids is 1. The molecule has 0 saturated heterocycles. The predicted molar refractivity (Wildman–Crippen MR) is 91.5 cm³/mol. The summed E-state index contributed by atoms with van der Waals surface area (Å²) in [5.41, 5.74) is 8.64. The van der Waals surface area contributed by atoms with Crippen molar-refractivity contribution in [1.29, 1.82) is 0 Å². The van der Waals surface area contributed by atoms with E-state index >= 15 is 0 Å². The van der Waals surface area contributed by atoms with Crippen molar-refractivity contribution in [1.82, 2.24) is 9.38 Å². The summed E-state index contributed by atoms with van der Waals surface area (Å²) in [6.45, 7) is 0. The van der Waals surface area contributed by atoms with E-state index in [1.54, 1.807) is 29.8 Å². The third kappa shape index (κ3) is 3.06. The molecule has 0 spiro atoms. The highest BCUT2D eigenvalue weighted by Crippen LogP contribution is 2.28. The number of carboxylic acids is 1. The summed E-state index contributed by atoms with van der Waals surface area (Å²) >= 11 is 6.07. The molecule has 0 radical (unpaired) electrons. The minimum Gasteiger partial charge on any atom is -0.497 e. The van der Waals surface area contributed by atoms with E-state index in [0.717, 1.165) is 11.3 Å². The first-order valence-electron chi connectivity index (χ1n) is 7.29. The minimum atomic E-state index is -1.06. The Morgan fingerprint density at radius 1 is 1.33 bits per heavy atom. The molecule has 1 aromatic carbocycles. The van der Waals surface area contributed by atoms with Crippen molar-refractivity contribution < 1.29 is 14.6 Å². The highest BCUT2D eigenvalue weighted by Gasteiger charge is 2.20. The molecule has 0 aliphatic rings. The summed E-state index contributed by atoms with van der Waals surface area (Å²) in [6, 6.07) is 9.89. The zero-order valence-corrected chi connectivity index (χ0v) is 13.7. The van der Waals surface area contributed by atoms with E-state index < -0.39 is 12.0 Å². The van der Waals surface area contributed by atoms with Gasteiger partial charge >= 0.3 is 5.97 Å². The average Bonchev–Trinajstić information content (AvgIpc) is 2.92. The molecule has 2 heterocycles. The SMILES string of the molecule is COc1ccc(-c2nc3ccc(Cl)cn3c2CC(N)C(=O)O)cc1. The van der Waals surface area contributed by atoms with E-state index in [2.05, 4.69) is 4.98 Å². The van der Waals surface area contributed by atoms with Crippen LogP contribution in [0.3, 0.4) is 0 Å². The van der Waals surface area contributed by atoms with Crippen molar-refractivity contribution in [2.24, 2.45) is 5.73 Å². The standard InChI is InChI=1S/C17H16ClN3O3/c1-24-12-5-2-10(3-6-12)16-14(8-13(19)17(22)23)21-9-11(18)4-7-15(21)20-16/h2-7,9,13H,8,19H2,1H3,(H,22,23). The van der Waals surface area contributed by atoms with Crippen molar-refractivity contribution in [2.75, 3.05) is 7.11 Å². The van der Waals surface area contributed by atoms with Crippen molar-refractivity contribution in [2.45, 2.75) is 12.5 Å². The Hall–Kier alpha value is -2.57. The molecule has 0 aliphatic carbocycles. The number of nitrogens with two attached hydrogens (primary N) is 1. The summed E-state index contributed by atoms with van der Waals surface area (Å²) in [5, 5.41) is 9.67. The molecule has 0 aliphatic heterocycles. The number of hydrogen-bond donors (Lipinski definition) is 2. The smallest absolute Gasteiger partial charge is 0.320 e. The second-order valence-corrected chi connectivity index (χ2v) is 5.80. The first-order valence-corrected chi connectivity index (χ1v) is 7.66. The Morgan fingerprint density at radius 2 is 2.04 bits per heavy atom. The predicted octanol–water partition coefficient (Wildman–Crippen LogP) is 2.62. The molecule has 1 atom stereocenters. The van der Waals surface area contributed by atoms with Gasteiger partial charge in [-0.25, -0.2) is 4.98 Å². The maximum Gasteiger partial charge on any atom is 0.320 e. The molecule has 0 amide bonds. The summed E-state index contributed by atoms with van der Waals surface area (Å²) in [6.07, 6.45) is 1.85. The Morgan fingerprint density at radius 3 is 2.67 bits per heavy atom. The number of halogens is 1. The molecule has 6 nitrogen and oxygen atoms in total. The topological polar surface area (TPSA) is 89.9 Å². The van der Waals surface area contributed by atoms with Gasteiger partial charge in [0.05, 0.1) is 23.5 Å². The van der Waals surface area contributed by atoms with Crippen LogP contribution in [0, 0.1) is 0 Å². The van der Waals surface area contributed by atoms with E-state index in [-0.39, 0.29) is 6.42 Å². The van der Waals surface area contributed by atoms with Crippen LogP contribution in [0.5, 0.6) is 5.75 Å². The first-order chi connectivity index (χ1) is 11.5. The molecule has 0 fully saturated rings.